The van der Waals surface area contributed by atoms with Crippen molar-refractivity contribution in [3.8, 4) is 5.75 Å². The lowest BCUT2D eigenvalue weighted by Gasteiger charge is -2.11. The number of aliphatic hydroxyl groups is 1. The van der Waals surface area contributed by atoms with Crippen LogP contribution in [0, 0.1) is 5.82 Å². The fraction of sp³-hybridized carbons (Fsp3) is 0.280. The third-order valence-corrected chi connectivity index (χ3v) is 11.7. The molecule has 63 heavy (non-hydrogen) atoms. The topological polar surface area (TPSA) is 144 Å². The van der Waals surface area contributed by atoms with Crippen LogP contribution in [-0.2, 0) is 42.0 Å². The molecular formula is C50H69FO8S4. The zero-order chi connectivity index (χ0) is 48.7. The van der Waals surface area contributed by atoms with Crippen LogP contribution in [0.1, 0.15) is 83.1 Å². The molecule has 6 aromatic rings. The second-order valence-electron chi connectivity index (χ2n) is 10.3. The Kier molecular flexibility index (Phi) is 39.0. The quantitative estimate of drug-likeness (QED) is 0.106. The number of halogens is 1. The predicted octanol–water partition coefficient (Wildman–Crippen LogP) is 13.2. The number of benzene rings is 6. The van der Waals surface area contributed by atoms with Gasteiger partial charge in [0.1, 0.15) is 37.7 Å². The van der Waals surface area contributed by atoms with Crippen molar-refractivity contribution in [3.63, 3.8) is 0 Å². The molecule has 0 aliphatic heterocycles. The number of hydrogen-bond acceptors (Lipinski definition) is 8. The summed E-state index contributed by atoms with van der Waals surface area (Å²) in [6, 6.07) is 55.0. The van der Waals surface area contributed by atoms with Gasteiger partial charge in [0, 0.05) is 0 Å². The highest BCUT2D eigenvalue weighted by molar-refractivity contribution is 7.97. The Morgan fingerprint density at radius 3 is 0.857 bits per heavy atom. The molecule has 0 spiro atoms. The van der Waals surface area contributed by atoms with Crippen molar-refractivity contribution in [3.05, 3.63) is 176 Å². The molecule has 6 aromatic carbocycles. The summed E-state index contributed by atoms with van der Waals surface area (Å²) >= 11 is 0. The van der Waals surface area contributed by atoms with Crippen LogP contribution in [0.3, 0.4) is 0 Å². The van der Waals surface area contributed by atoms with Gasteiger partial charge in [-0.25, -0.2) is 21.2 Å². The molecule has 0 aromatic heterocycles. The third kappa shape index (κ3) is 27.4. The summed E-state index contributed by atoms with van der Waals surface area (Å²) in [5.41, 5.74) is 0. The van der Waals surface area contributed by atoms with E-state index in [0.717, 1.165) is 9.79 Å². The van der Waals surface area contributed by atoms with Crippen LogP contribution in [0.25, 0.3) is 0 Å². The van der Waals surface area contributed by atoms with Gasteiger partial charge in [0.2, 0.25) is 0 Å². The van der Waals surface area contributed by atoms with Gasteiger partial charge in [0.15, 0.2) is 35.3 Å². The summed E-state index contributed by atoms with van der Waals surface area (Å²) in [5.74, 6) is -2.02. The van der Waals surface area contributed by atoms with E-state index >= 15 is 0 Å². The largest absolute Gasteiger partial charge is 0.746 e. The van der Waals surface area contributed by atoms with Crippen LogP contribution < -0.4 is 4.74 Å². The first kappa shape index (κ1) is 62.8. The van der Waals surface area contributed by atoms with Gasteiger partial charge in [-0.3, -0.25) is 0 Å². The third-order valence-electron chi connectivity index (χ3n) is 6.55. The SMILES string of the molecule is CC.CC.CC.CC.CC.CC.Fc1ccc([S+](c2ccccc2)c2ccccc2)cc1.O=S(=O)([O-])CO.O=S(=O)([O-])COc1ccc([S+](c2ccccc2)c2ccccc2)cc1. The summed E-state index contributed by atoms with van der Waals surface area (Å²) < 4.78 is 77.8. The zero-order valence-electron chi connectivity index (χ0n) is 38.9. The zero-order valence-corrected chi connectivity index (χ0v) is 42.2. The first-order valence-electron chi connectivity index (χ1n) is 21.1. The molecule has 0 saturated heterocycles. The average Bonchev–Trinajstić information content (AvgIpc) is 3.35. The van der Waals surface area contributed by atoms with Gasteiger partial charge in [-0.15, -0.1) is 0 Å². The molecule has 1 N–H and O–H groups in total. The molecule has 13 heteroatoms. The van der Waals surface area contributed by atoms with Crippen LogP contribution in [0.4, 0.5) is 4.39 Å². The van der Waals surface area contributed by atoms with Gasteiger partial charge in [0.05, 0.1) is 21.8 Å². The lowest BCUT2D eigenvalue weighted by Crippen LogP contribution is -2.10. The van der Waals surface area contributed by atoms with E-state index < -0.39 is 32.1 Å². The van der Waals surface area contributed by atoms with Gasteiger partial charge in [-0.1, -0.05) is 156 Å². The van der Waals surface area contributed by atoms with Crippen LogP contribution in [0.2, 0.25) is 0 Å². The molecule has 0 aliphatic rings. The lowest BCUT2D eigenvalue weighted by atomic mass is 10.3. The molecule has 0 heterocycles. The number of aliphatic hydroxyl groups excluding tert-OH is 1. The maximum Gasteiger partial charge on any atom is 0.177 e. The fourth-order valence-corrected chi connectivity index (χ4v) is 8.87. The van der Waals surface area contributed by atoms with Crippen molar-refractivity contribution in [1.82, 2.24) is 0 Å². The van der Waals surface area contributed by atoms with Gasteiger partial charge < -0.3 is 18.9 Å². The number of ether oxygens (including phenoxy) is 1. The Bertz CT molecular complexity index is 2050. The Labute approximate surface area is 385 Å². The number of hydrogen-bond donors (Lipinski definition) is 1. The Morgan fingerprint density at radius 1 is 0.413 bits per heavy atom. The minimum absolute atomic E-state index is 0.190. The Balaban J connectivity index is -0.000000845. The Hall–Kier alpha value is -4.47. The highest BCUT2D eigenvalue weighted by Crippen LogP contribution is 2.32. The van der Waals surface area contributed by atoms with Crippen molar-refractivity contribution in [2.75, 3.05) is 11.9 Å². The maximum atomic E-state index is 13.2. The average molecular weight is 945 g/mol. The van der Waals surface area contributed by atoms with Crippen LogP contribution >= 0.6 is 0 Å². The van der Waals surface area contributed by atoms with Crippen LogP contribution in [0.15, 0.2) is 199 Å². The van der Waals surface area contributed by atoms with Crippen molar-refractivity contribution < 1.29 is 40.2 Å². The van der Waals surface area contributed by atoms with E-state index in [1.54, 1.807) is 12.1 Å². The molecule has 8 nitrogen and oxygen atoms in total. The molecule has 0 atom stereocenters. The summed E-state index contributed by atoms with van der Waals surface area (Å²) in [6.45, 7) is 24.0. The molecule has 0 aliphatic carbocycles. The first-order valence-corrected chi connectivity index (χ1v) is 26.7. The summed E-state index contributed by atoms with van der Waals surface area (Å²) in [6.07, 6.45) is 0. The van der Waals surface area contributed by atoms with Crippen molar-refractivity contribution in [2.45, 2.75) is 112 Å². The van der Waals surface area contributed by atoms with Crippen LogP contribution in [0.5, 0.6) is 5.75 Å². The molecule has 0 saturated carbocycles. The monoisotopic (exact) mass is 944 g/mol. The first-order chi connectivity index (χ1) is 30.4. The lowest BCUT2D eigenvalue weighted by molar-refractivity contribution is 0.331. The molecule has 0 fully saturated rings. The van der Waals surface area contributed by atoms with E-state index in [1.165, 1.54) is 31.7 Å². The van der Waals surface area contributed by atoms with E-state index in [0.29, 0.717) is 5.75 Å². The summed E-state index contributed by atoms with van der Waals surface area (Å²) in [7, 11) is -9.23. The summed E-state index contributed by atoms with van der Waals surface area (Å²) in [4.78, 5) is 7.06. The molecular weight excluding hydrogens is 876 g/mol. The number of rotatable bonds is 10. The van der Waals surface area contributed by atoms with Gasteiger partial charge in [-0.2, -0.15) is 0 Å². The standard InChI is InChI=1S/C19H16O4S2.C18H14FS.6C2H6.CH4O4S/c20-25(21,22)15-23-16-11-13-19(14-12-16)24(17-7-3-1-4-8-17)18-9-5-2-6-10-18;19-15-11-13-18(14-12-15)20(16-7-3-1-4-8-16)17-9-5-2-6-10-17;6*1-2;2-1-6(3,4)5/h1-14H,15H2;1-14H;6*1-2H3;2H,1H2,(H,3,4,5)/q;+1;;;;;;;/p-1. The second kappa shape index (κ2) is 39.1. The normalized spacial score (nSPS) is 9.62. The van der Waals surface area contributed by atoms with E-state index in [4.69, 9.17) is 9.84 Å². The minimum atomic E-state index is -4.41. The van der Waals surface area contributed by atoms with Gasteiger partial charge in [-0.05, 0) is 97.1 Å². The van der Waals surface area contributed by atoms with Crippen LogP contribution in [-0.4, -0.2) is 42.9 Å². The maximum absolute atomic E-state index is 13.2. The molecule has 6 rings (SSSR count). The van der Waals surface area contributed by atoms with Gasteiger partial charge >= 0.3 is 0 Å². The highest BCUT2D eigenvalue weighted by Gasteiger charge is 2.29. The second-order valence-corrected chi connectivity index (χ2v) is 17.1. The van der Waals surface area contributed by atoms with E-state index in [-0.39, 0.29) is 27.6 Å². The smallest absolute Gasteiger partial charge is 0.177 e. The van der Waals surface area contributed by atoms with Crippen molar-refractivity contribution in [1.29, 1.82) is 0 Å². The van der Waals surface area contributed by atoms with Crippen molar-refractivity contribution in [2.24, 2.45) is 0 Å². The Morgan fingerprint density at radius 2 is 0.635 bits per heavy atom. The molecule has 0 bridgehead atoms. The van der Waals surface area contributed by atoms with E-state index in [9.17, 15) is 30.3 Å². The fourth-order valence-electron chi connectivity index (χ4n) is 4.43. The van der Waals surface area contributed by atoms with Crippen molar-refractivity contribution >= 4 is 42.0 Å². The van der Waals surface area contributed by atoms with E-state index in [2.05, 4.69) is 48.5 Å². The van der Waals surface area contributed by atoms with E-state index in [1.807, 2.05) is 180 Å². The highest BCUT2D eigenvalue weighted by atomic mass is 32.2. The predicted molar refractivity (Wildman–Crippen MR) is 263 cm³/mol. The van der Waals surface area contributed by atoms with Gasteiger partial charge in [0.25, 0.3) is 0 Å². The summed E-state index contributed by atoms with van der Waals surface area (Å²) in [5, 5.41) is 7.50. The minimum Gasteiger partial charge on any atom is -0.746 e. The molecule has 0 amide bonds. The molecule has 0 unspecified atom stereocenters. The molecule has 0 radical (unpaired) electrons. The molecule has 348 valence electrons.